The largest absolute Gasteiger partial charge is 0.0648 e. The Balaban J connectivity index is 1.71. The van der Waals surface area contributed by atoms with Gasteiger partial charge < -0.3 is 0 Å². The van der Waals surface area contributed by atoms with Crippen molar-refractivity contribution in [1.82, 2.24) is 0 Å². The first-order chi connectivity index (χ1) is 16.6. The fourth-order valence-corrected chi connectivity index (χ4v) is 6.22. The molecule has 4 bridgehead atoms. The summed E-state index contributed by atoms with van der Waals surface area (Å²) in [6, 6.07) is 30.8. The number of rotatable bonds is 6. The lowest BCUT2D eigenvalue weighted by Crippen LogP contribution is -2.11. The van der Waals surface area contributed by atoms with Crippen LogP contribution in [-0.4, -0.2) is 0 Å². The fraction of sp³-hybridized carbons (Fsp3) is 0.471. The van der Waals surface area contributed by atoms with Crippen molar-refractivity contribution in [2.24, 2.45) is 0 Å². The molecular weight excluding hydrogens is 408 g/mol. The lowest BCUT2D eigenvalue weighted by Gasteiger charge is -2.28. The first-order valence-corrected chi connectivity index (χ1v) is 13.9. The van der Waals surface area contributed by atoms with Crippen molar-refractivity contribution >= 4 is 0 Å². The van der Waals surface area contributed by atoms with Gasteiger partial charge in [-0.25, -0.2) is 0 Å². The third-order valence-corrected chi connectivity index (χ3v) is 8.69. The molecule has 0 radical (unpaired) electrons. The molecule has 0 heterocycles. The molecule has 4 aliphatic carbocycles. The summed E-state index contributed by atoms with van der Waals surface area (Å²) in [5, 5.41) is 0. The zero-order chi connectivity index (χ0) is 23.9. The maximum absolute atomic E-state index is 2.47. The second-order valence-electron chi connectivity index (χ2n) is 10.7. The fourth-order valence-electron chi connectivity index (χ4n) is 6.22. The quantitative estimate of drug-likeness (QED) is 0.349. The van der Waals surface area contributed by atoms with Crippen LogP contribution in [0, 0.1) is 0 Å². The van der Waals surface area contributed by atoms with Gasteiger partial charge in [0.25, 0.3) is 0 Å². The minimum Gasteiger partial charge on any atom is -0.0648 e. The molecule has 0 fully saturated rings. The van der Waals surface area contributed by atoms with Crippen LogP contribution in [0.3, 0.4) is 0 Å². The zero-order valence-electron chi connectivity index (χ0n) is 21.8. The van der Waals surface area contributed by atoms with E-state index in [1.54, 1.807) is 0 Å². The number of benzene rings is 3. The van der Waals surface area contributed by atoms with Gasteiger partial charge in [0.2, 0.25) is 0 Å². The summed E-state index contributed by atoms with van der Waals surface area (Å²) in [7, 11) is 0. The Labute approximate surface area is 208 Å². The highest BCUT2D eigenvalue weighted by Crippen LogP contribution is 2.41. The molecule has 0 aliphatic heterocycles. The molecule has 4 aliphatic rings. The van der Waals surface area contributed by atoms with E-state index in [4.69, 9.17) is 0 Å². The Morgan fingerprint density at radius 1 is 0.618 bits per heavy atom. The van der Waals surface area contributed by atoms with Gasteiger partial charge >= 0.3 is 0 Å². The maximum Gasteiger partial charge on any atom is -0.0150 e. The predicted octanol–water partition coefficient (Wildman–Crippen LogP) is 10.3. The second kappa shape index (κ2) is 11.9. The van der Waals surface area contributed by atoms with Gasteiger partial charge in [0, 0.05) is 0 Å². The van der Waals surface area contributed by atoms with Gasteiger partial charge in [0.05, 0.1) is 0 Å². The van der Waals surface area contributed by atoms with Gasteiger partial charge in [-0.2, -0.15) is 0 Å². The average molecular weight is 453 g/mol. The Hall–Kier alpha value is -2.34. The Morgan fingerprint density at radius 3 is 1.71 bits per heavy atom. The SMILES string of the molecule is CCC1CCC(C)c2ccc(cc2)C(CC)CC(CC(CC)c2ccccc2)c2ccc1cc2. The van der Waals surface area contributed by atoms with Crippen molar-refractivity contribution in [2.45, 2.75) is 102 Å². The molecule has 0 nitrogen and oxygen atoms in total. The first kappa shape index (κ1) is 24.8. The van der Waals surface area contributed by atoms with Crippen LogP contribution in [-0.2, 0) is 0 Å². The second-order valence-corrected chi connectivity index (χ2v) is 10.7. The molecule has 0 amide bonds. The first-order valence-electron chi connectivity index (χ1n) is 13.9. The van der Waals surface area contributed by atoms with Crippen molar-refractivity contribution in [3.63, 3.8) is 0 Å². The van der Waals surface area contributed by atoms with Crippen LogP contribution >= 0.6 is 0 Å². The van der Waals surface area contributed by atoms with Gasteiger partial charge in [-0.15, -0.1) is 0 Å². The van der Waals surface area contributed by atoms with Crippen molar-refractivity contribution in [3.05, 3.63) is 107 Å². The molecule has 3 aromatic rings. The van der Waals surface area contributed by atoms with E-state index in [0.29, 0.717) is 29.6 Å². The zero-order valence-corrected chi connectivity index (χ0v) is 21.8. The van der Waals surface area contributed by atoms with Crippen LogP contribution < -0.4 is 0 Å². The molecule has 34 heavy (non-hydrogen) atoms. The average Bonchev–Trinajstić information content (AvgIpc) is 2.90. The van der Waals surface area contributed by atoms with Gasteiger partial charge in [-0.05, 0) is 102 Å². The Kier molecular flexibility index (Phi) is 8.65. The van der Waals surface area contributed by atoms with Crippen LogP contribution in [0.15, 0.2) is 78.9 Å². The summed E-state index contributed by atoms with van der Waals surface area (Å²) in [5.41, 5.74) is 7.59. The monoisotopic (exact) mass is 452 g/mol. The number of hydrogen-bond acceptors (Lipinski definition) is 0. The van der Waals surface area contributed by atoms with E-state index in [1.807, 2.05) is 0 Å². The molecule has 0 saturated heterocycles. The summed E-state index contributed by atoms with van der Waals surface area (Å²) in [6.45, 7) is 9.49. The molecule has 0 spiro atoms. The van der Waals surface area contributed by atoms with Crippen molar-refractivity contribution in [3.8, 4) is 0 Å². The molecule has 5 unspecified atom stereocenters. The highest BCUT2D eigenvalue weighted by atomic mass is 14.3. The minimum atomic E-state index is 0.577. The van der Waals surface area contributed by atoms with Crippen LogP contribution in [0.4, 0.5) is 0 Å². The predicted molar refractivity (Wildman–Crippen MR) is 148 cm³/mol. The van der Waals surface area contributed by atoms with Crippen molar-refractivity contribution in [2.75, 3.05) is 0 Å². The molecule has 0 aromatic heterocycles. The minimum absolute atomic E-state index is 0.577. The molecule has 180 valence electrons. The van der Waals surface area contributed by atoms with Crippen LogP contribution in [0.1, 0.15) is 130 Å². The lowest BCUT2D eigenvalue weighted by atomic mass is 9.77. The van der Waals surface area contributed by atoms with Gasteiger partial charge in [0.15, 0.2) is 0 Å². The van der Waals surface area contributed by atoms with Crippen molar-refractivity contribution < 1.29 is 0 Å². The molecular formula is C34H44. The smallest absolute Gasteiger partial charge is 0.0150 e. The third kappa shape index (κ3) is 5.83. The molecule has 0 heteroatoms. The Bertz CT molecular complexity index is 982. The van der Waals surface area contributed by atoms with Gasteiger partial charge in [-0.3, -0.25) is 0 Å². The molecule has 3 aromatic carbocycles. The highest BCUT2D eigenvalue weighted by molar-refractivity contribution is 5.32. The van der Waals surface area contributed by atoms with Crippen molar-refractivity contribution in [1.29, 1.82) is 0 Å². The van der Waals surface area contributed by atoms with Crippen LogP contribution in [0.25, 0.3) is 0 Å². The van der Waals surface area contributed by atoms with E-state index in [1.165, 1.54) is 72.8 Å². The third-order valence-electron chi connectivity index (χ3n) is 8.69. The number of hydrogen-bond donors (Lipinski definition) is 0. The summed E-state index contributed by atoms with van der Waals surface area (Å²) < 4.78 is 0. The summed E-state index contributed by atoms with van der Waals surface area (Å²) in [6.07, 6.45) is 8.59. The molecule has 5 atom stereocenters. The topological polar surface area (TPSA) is 0 Å². The van der Waals surface area contributed by atoms with Crippen LogP contribution in [0.5, 0.6) is 0 Å². The molecule has 0 saturated carbocycles. The molecule has 0 N–H and O–H groups in total. The molecule has 7 rings (SSSR count). The summed E-state index contributed by atoms with van der Waals surface area (Å²) in [4.78, 5) is 0. The highest BCUT2D eigenvalue weighted by Gasteiger charge is 2.24. The van der Waals surface area contributed by atoms with E-state index in [-0.39, 0.29) is 0 Å². The standard InChI is InChI=1S/C34H44/c1-5-26-14-13-25(4)29-15-17-32(18-16-29)28(7-3)24-34(33-21-19-31(26)20-22-33)23-27(6-2)30-11-9-8-10-12-30/h8-12,15-22,25-28,34H,5-7,13-14,23-24H2,1-4H3. The van der Waals surface area contributed by atoms with Gasteiger partial charge in [0.1, 0.15) is 0 Å². The van der Waals surface area contributed by atoms with Gasteiger partial charge in [-0.1, -0.05) is 107 Å². The lowest BCUT2D eigenvalue weighted by molar-refractivity contribution is 0.450. The maximum atomic E-state index is 2.47. The summed E-state index contributed by atoms with van der Waals surface area (Å²) >= 11 is 0. The van der Waals surface area contributed by atoms with E-state index < -0.39 is 0 Å². The van der Waals surface area contributed by atoms with E-state index in [9.17, 15) is 0 Å². The van der Waals surface area contributed by atoms with Crippen LogP contribution in [0.2, 0.25) is 0 Å². The van der Waals surface area contributed by atoms with E-state index in [2.05, 4.69) is 107 Å². The van der Waals surface area contributed by atoms with E-state index in [0.717, 1.165) is 0 Å². The Morgan fingerprint density at radius 2 is 1.15 bits per heavy atom. The van der Waals surface area contributed by atoms with E-state index >= 15 is 0 Å². The normalized spacial score (nSPS) is 23.9. The summed E-state index contributed by atoms with van der Waals surface area (Å²) in [5.74, 6) is 3.08.